The summed E-state index contributed by atoms with van der Waals surface area (Å²) in [5, 5.41) is 8.96. The van der Waals surface area contributed by atoms with Gasteiger partial charge in [-0.1, -0.05) is 6.92 Å². The van der Waals surface area contributed by atoms with Crippen molar-refractivity contribution in [2.24, 2.45) is 0 Å². The topological polar surface area (TPSA) is 101 Å². The number of nitrogens with zero attached hydrogens (tertiary/aromatic N) is 1. The number of carboxylic acid groups (broad SMARTS) is 1. The van der Waals surface area contributed by atoms with Gasteiger partial charge in [0, 0.05) is 12.1 Å². The molecule has 1 aliphatic rings. The lowest BCUT2D eigenvalue weighted by Gasteiger charge is -2.30. The Labute approximate surface area is 134 Å². The number of morpholine rings is 1. The van der Waals surface area contributed by atoms with Gasteiger partial charge in [0.1, 0.15) is 0 Å². The van der Waals surface area contributed by atoms with E-state index in [1.165, 1.54) is 29.2 Å². The molecule has 7 nitrogen and oxygen atoms in total. The van der Waals surface area contributed by atoms with Crippen LogP contribution in [0.2, 0.25) is 0 Å². The van der Waals surface area contributed by atoms with E-state index in [0.717, 1.165) is 0 Å². The maximum absolute atomic E-state index is 12.4. The third-order valence-electron chi connectivity index (χ3n) is 3.56. The second-order valence-corrected chi connectivity index (χ2v) is 7.40. The summed E-state index contributed by atoms with van der Waals surface area (Å²) in [7, 11) is -3.32. The Hall–Kier alpha value is -1.93. The molecular formula is C15H19NO6S. The highest BCUT2D eigenvalue weighted by Crippen LogP contribution is 2.16. The van der Waals surface area contributed by atoms with E-state index in [0.29, 0.717) is 18.5 Å². The number of amides is 1. The van der Waals surface area contributed by atoms with Gasteiger partial charge in [0.25, 0.3) is 5.91 Å². The van der Waals surface area contributed by atoms with Crippen LogP contribution in [-0.2, 0) is 19.4 Å². The van der Waals surface area contributed by atoms with E-state index in [4.69, 9.17) is 9.84 Å². The lowest BCUT2D eigenvalue weighted by Crippen LogP contribution is -2.48. The van der Waals surface area contributed by atoms with Crippen LogP contribution in [0.4, 0.5) is 0 Å². The van der Waals surface area contributed by atoms with Gasteiger partial charge in [-0.3, -0.25) is 4.79 Å². The number of aliphatic carboxylic acids is 1. The number of hydrogen-bond acceptors (Lipinski definition) is 5. The van der Waals surface area contributed by atoms with Gasteiger partial charge in [-0.25, -0.2) is 13.2 Å². The van der Waals surface area contributed by atoms with E-state index in [9.17, 15) is 18.0 Å². The number of hydrogen-bond donors (Lipinski definition) is 1. The first-order valence-corrected chi connectivity index (χ1v) is 8.97. The van der Waals surface area contributed by atoms with Gasteiger partial charge in [0.05, 0.1) is 23.8 Å². The summed E-state index contributed by atoms with van der Waals surface area (Å²) in [4.78, 5) is 24.9. The van der Waals surface area contributed by atoms with Crippen LogP contribution in [0.3, 0.4) is 0 Å². The van der Waals surface area contributed by atoms with Crippen LogP contribution in [0.25, 0.3) is 0 Å². The highest BCUT2D eigenvalue weighted by atomic mass is 32.2. The Morgan fingerprint density at radius 1 is 1.30 bits per heavy atom. The summed E-state index contributed by atoms with van der Waals surface area (Å²) in [6, 6.07) is 5.73. The van der Waals surface area contributed by atoms with Gasteiger partial charge >= 0.3 is 5.97 Å². The molecule has 1 amide bonds. The van der Waals surface area contributed by atoms with Crippen molar-refractivity contribution >= 4 is 21.7 Å². The standard InChI is InChI=1S/C15H19NO6S/c1-2-9-23(20,21)12-5-3-11(4-6-12)14(17)16-7-8-22-13(10-16)15(18)19/h3-6,13H,2,7-10H2,1H3,(H,18,19)/t13-/m0/s1. The molecule has 1 saturated heterocycles. The predicted octanol–water partition coefficient (Wildman–Crippen LogP) is 0.796. The SMILES string of the molecule is CCCS(=O)(=O)c1ccc(C(=O)N2CCO[C@H](C(=O)O)C2)cc1. The van der Waals surface area contributed by atoms with Crippen LogP contribution < -0.4 is 0 Å². The number of carboxylic acids is 1. The van der Waals surface area contributed by atoms with Gasteiger partial charge in [0.2, 0.25) is 0 Å². The summed E-state index contributed by atoms with van der Waals surface area (Å²) in [5.41, 5.74) is 0.325. The number of rotatable bonds is 5. The largest absolute Gasteiger partial charge is 0.479 e. The van der Waals surface area contributed by atoms with Gasteiger partial charge < -0.3 is 14.7 Å². The first-order valence-electron chi connectivity index (χ1n) is 7.31. The smallest absolute Gasteiger partial charge is 0.334 e. The van der Waals surface area contributed by atoms with Crippen molar-refractivity contribution in [3.05, 3.63) is 29.8 Å². The third-order valence-corrected chi connectivity index (χ3v) is 5.50. The Balaban J connectivity index is 2.13. The Kier molecular flexibility index (Phi) is 5.38. The lowest BCUT2D eigenvalue weighted by molar-refractivity contribution is -0.154. The molecule has 0 saturated carbocycles. The molecule has 0 spiro atoms. The van der Waals surface area contributed by atoms with E-state index in [1.807, 2.05) is 0 Å². The van der Waals surface area contributed by atoms with Gasteiger partial charge in [-0.15, -0.1) is 0 Å². The number of ether oxygens (including phenoxy) is 1. The molecule has 1 aliphatic heterocycles. The number of carbonyl (C=O) groups excluding carboxylic acids is 1. The molecule has 0 radical (unpaired) electrons. The minimum atomic E-state index is -3.32. The van der Waals surface area contributed by atoms with Crippen LogP contribution >= 0.6 is 0 Å². The Bertz CT molecular complexity index is 682. The van der Waals surface area contributed by atoms with Crippen LogP contribution in [0, 0.1) is 0 Å². The molecule has 2 rings (SSSR count). The fourth-order valence-electron chi connectivity index (χ4n) is 2.36. The molecule has 126 valence electrons. The molecule has 1 aromatic rings. The molecule has 1 aromatic carbocycles. The first kappa shape index (κ1) is 17.4. The summed E-state index contributed by atoms with van der Waals surface area (Å²) in [6.07, 6.45) is -0.509. The highest BCUT2D eigenvalue weighted by Gasteiger charge is 2.29. The van der Waals surface area contributed by atoms with Crippen molar-refractivity contribution in [1.82, 2.24) is 4.90 Å². The minimum Gasteiger partial charge on any atom is -0.479 e. The average molecular weight is 341 g/mol. The lowest BCUT2D eigenvalue weighted by atomic mass is 10.1. The van der Waals surface area contributed by atoms with Crippen molar-refractivity contribution in [3.63, 3.8) is 0 Å². The second-order valence-electron chi connectivity index (χ2n) is 5.29. The van der Waals surface area contributed by atoms with E-state index < -0.39 is 21.9 Å². The quantitative estimate of drug-likeness (QED) is 0.850. The molecule has 1 heterocycles. The van der Waals surface area contributed by atoms with Crippen LogP contribution in [0.15, 0.2) is 29.2 Å². The third kappa shape index (κ3) is 4.08. The second kappa shape index (κ2) is 7.10. The van der Waals surface area contributed by atoms with E-state index in [1.54, 1.807) is 6.92 Å². The highest BCUT2D eigenvalue weighted by molar-refractivity contribution is 7.91. The zero-order valence-corrected chi connectivity index (χ0v) is 13.6. The van der Waals surface area contributed by atoms with Crippen LogP contribution in [-0.4, -0.2) is 61.9 Å². The summed E-state index contributed by atoms with van der Waals surface area (Å²) in [6.45, 7) is 2.22. The average Bonchev–Trinajstić information content (AvgIpc) is 2.54. The van der Waals surface area contributed by atoms with E-state index >= 15 is 0 Å². The maximum Gasteiger partial charge on any atom is 0.334 e. The predicted molar refractivity (Wildman–Crippen MR) is 82.1 cm³/mol. The number of carbonyl (C=O) groups is 2. The van der Waals surface area contributed by atoms with Gasteiger partial charge in [-0.05, 0) is 30.7 Å². The summed E-state index contributed by atoms with van der Waals surface area (Å²) < 4.78 is 29.0. The van der Waals surface area contributed by atoms with Gasteiger partial charge in [-0.2, -0.15) is 0 Å². The summed E-state index contributed by atoms with van der Waals surface area (Å²) in [5.74, 6) is -1.38. The molecule has 8 heteroatoms. The molecule has 1 fully saturated rings. The monoisotopic (exact) mass is 341 g/mol. The molecule has 1 atom stereocenters. The molecule has 1 N–H and O–H groups in total. The van der Waals surface area contributed by atoms with Crippen molar-refractivity contribution < 1.29 is 27.9 Å². The summed E-state index contributed by atoms with van der Waals surface area (Å²) >= 11 is 0. The number of sulfone groups is 1. The molecule has 0 bridgehead atoms. The normalized spacial score (nSPS) is 18.7. The van der Waals surface area contributed by atoms with Gasteiger partial charge in [0.15, 0.2) is 15.9 Å². The van der Waals surface area contributed by atoms with Crippen molar-refractivity contribution in [1.29, 1.82) is 0 Å². The fraction of sp³-hybridized carbons (Fsp3) is 0.467. The molecule has 0 aromatic heterocycles. The van der Waals surface area contributed by atoms with E-state index in [2.05, 4.69) is 0 Å². The molecule has 0 aliphatic carbocycles. The number of benzene rings is 1. The van der Waals surface area contributed by atoms with Crippen molar-refractivity contribution in [3.8, 4) is 0 Å². The molecule has 23 heavy (non-hydrogen) atoms. The minimum absolute atomic E-state index is 0.0238. The molecule has 0 unspecified atom stereocenters. The molecular weight excluding hydrogens is 322 g/mol. The van der Waals surface area contributed by atoms with Crippen LogP contribution in [0.1, 0.15) is 23.7 Å². The first-order chi connectivity index (χ1) is 10.8. The fourth-order valence-corrected chi connectivity index (χ4v) is 3.68. The zero-order valence-electron chi connectivity index (χ0n) is 12.8. The van der Waals surface area contributed by atoms with Crippen LogP contribution in [0.5, 0.6) is 0 Å². The van der Waals surface area contributed by atoms with E-state index in [-0.39, 0.29) is 29.7 Å². The Morgan fingerprint density at radius 3 is 2.52 bits per heavy atom. The zero-order chi connectivity index (χ0) is 17.0. The van der Waals surface area contributed by atoms with Crippen molar-refractivity contribution in [2.75, 3.05) is 25.4 Å². The van der Waals surface area contributed by atoms with Crippen molar-refractivity contribution in [2.45, 2.75) is 24.3 Å². The maximum atomic E-state index is 12.4. The Morgan fingerprint density at radius 2 is 1.96 bits per heavy atom.